The van der Waals surface area contributed by atoms with Crippen LogP contribution >= 0.6 is 0 Å². The molecular weight excluding hydrogens is 156 g/mol. The quantitative estimate of drug-likeness (QED) is 0.645. The molecule has 0 spiro atoms. The average Bonchev–Trinajstić information content (AvgIpc) is 2.16. The van der Waals surface area contributed by atoms with Crippen molar-refractivity contribution in [2.45, 2.75) is 33.1 Å². The van der Waals surface area contributed by atoms with E-state index in [1.807, 2.05) is 6.08 Å². The number of rotatable bonds is 3. The first kappa shape index (κ1) is 10.0. The summed E-state index contributed by atoms with van der Waals surface area (Å²) in [4.78, 5) is 0. The molecule has 0 bridgehead atoms. The van der Waals surface area contributed by atoms with Crippen LogP contribution in [-0.2, 0) is 0 Å². The number of aryl methyl sites for hydroxylation is 1. The van der Waals surface area contributed by atoms with E-state index in [1.54, 1.807) is 0 Å². The van der Waals surface area contributed by atoms with E-state index in [0.29, 0.717) is 5.92 Å². The molecule has 0 aromatic heterocycles. The number of hydrogen-bond acceptors (Lipinski definition) is 0. The lowest BCUT2D eigenvalue weighted by Gasteiger charge is -2.10. The fourth-order valence-electron chi connectivity index (χ4n) is 1.47. The van der Waals surface area contributed by atoms with E-state index in [9.17, 15) is 0 Å². The van der Waals surface area contributed by atoms with Gasteiger partial charge in [0.05, 0.1) is 0 Å². The summed E-state index contributed by atoms with van der Waals surface area (Å²) in [6, 6.07) is 6.63. The molecule has 0 fully saturated rings. The minimum Gasteiger partial charge on any atom is -0.0985 e. The van der Waals surface area contributed by atoms with Gasteiger partial charge in [0.15, 0.2) is 0 Å². The predicted molar refractivity (Wildman–Crippen MR) is 60.0 cm³/mol. The van der Waals surface area contributed by atoms with Gasteiger partial charge >= 0.3 is 0 Å². The molecule has 0 aliphatic rings. The highest BCUT2D eigenvalue weighted by molar-refractivity contribution is 5.52. The zero-order valence-electron chi connectivity index (χ0n) is 8.80. The monoisotopic (exact) mass is 174 g/mol. The molecule has 0 saturated heterocycles. The van der Waals surface area contributed by atoms with Gasteiger partial charge in [-0.1, -0.05) is 44.7 Å². The van der Waals surface area contributed by atoms with Gasteiger partial charge in [-0.05, 0) is 36.0 Å². The zero-order chi connectivity index (χ0) is 9.84. The van der Waals surface area contributed by atoms with E-state index in [1.165, 1.54) is 23.1 Å². The number of benzene rings is 1. The van der Waals surface area contributed by atoms with Crippen LogP contribution in [0.1, 0.15) is 42.9 Å². The van der Waals surface area contributed by atoms with Gasteiger partial charge in [-0.15, -0.1) is 0 Å². The molecule has 0 amide bonds. The second-order valence-corrected chi connectivity index (χ2v) is 3.63. The van der Waals surface area contributed by atoms with E-state index < -0.39 is 0 Å². The molecule has 0 N–H and O–H groups in total. The summed E-state index contributed by atoms with van der Waals surface area (Å²) in [7, 11) is 0. The molecule has 1 rings (SSSR count). The van der Waals surface area contributed by atoms with Crippen LogP contribution in [0.15, 0.2) is 24.8 Å². The maximum Gasteiger partial charge on any atom is -0.0193 e. The van der Waals surface area contributed by atoms with Gasteiger partial charge in [0.25, 0.3) is 0 Å². The van der Waals surface area contributed by atoms with Crippen molar-refractivity contribution < 1.29 is 0 Å². The normalized spacial score (nSPS) is 12.5. The van der Waals surface area contributed by atoms with Crippen molar-refractivity contribution in [1.82, 2.24) is 0 Å². The van der Waals surface area contributed by atoms with Crippen LogP contribution in [0, 0.1) is 6.92 Å². The Kier molecular flexibility index (Phi) is 3.30. The van der Waals surface area contributed by atoms with Gasteiger partial charge in [-0.3, -0.25) is 0 Å². The van der Waals surface area contributed by atoms with Crippen LogP contribution in [0.3, 0.4) is 0 Å². The summed E-state index contributed by atoms with van der Waals surface area (Å²) in [5.41, 5.74) is 4.01. The highest BCUT2D eigenvalue weighted by atomic mass is 14.1. The minimum absolute atomic E-state index is 0.664. The molecule has 0 nitrogen and oxygen atoms in total. The lowest BCUT2D eigenvalue weighted by Crippen LogP contribution is -1.92. The maximum absolute atomic E-state index is 3.79. The highest BCUT2D eigenvalue weighted by Gasteiger charge is 2.03. The van der Waals surface area contributed by atoms with Crippen LogP contribution in [0.4, 0.5) is 0 Å². The van der Waals surface area contributed by atoms with Crippen LogP contribution in [0.2, 0.25) is 0 Å². The third-order valence-corrected chi connectivity index (χ3v) is 2.70. The summed E-state index contributed by atoms with van der Waals surface area (Å²) in [6.45, 7) is 10.4. The van der Waals surface area contributed by atoms with Crippen molar-refractivity contribution in [3.05, 3.63) is 41.5 Å². The van der Waals surface area contributed by atoms with Gasteiger partial charge in [-0.2, -0.15) is 0 Å². The molecule has 0 saturated carbocycles. The first-order valence-corrected chi connectivity index (χ1v) is 4.92. The fourth-order valence-corrected chi connectivity index (χ4v) is 1.47. The maximum atomic E-state index is 3.79. The van der Waals surface area contributed by atoms with Crippen LogP contribution in [-0.4, -0.2) is 0 Å². The Morgan fingerprint density at radius 1 is 1.46 bits per heavy atom. The molecule has 0 heteroatoms. The smallest absolute Gasteiger partial charge is 0.0193 e. The van der Waals surface area contributed by atoms with Crippen molar-refractivity contribution in [2.24, 2.45) is 0 Å². The molecule has 13 heavy (non-hydrogen) atoms. The summed E-state index contributed by atoms with van der Waals surface area (Å²) < 4.78 is 0. The van der Waals surface area contributed by atoms with E-state index in [0.717, 1.165) is 0 Å². The van der Waals surface area contributed by atoms with Gasteiger partial charge < -0.3 is 0 Å². The van der Waals surface area contributed by atoms with Crippen LogP contribution < -0.4 is 0 Å². The van der Waals surface area contributed by atoms with E-state index in [-0.39, 0.29) is 0 Å². The summed E-state index contributed by atoms with van der Waals surface area (Å²) >= 11 is 0. The summed E-state index contributed by atoms with van der Waals surface area (Å²) in [5, 5.41) is 0. The van der Waals surface area contributed by atoms with Gasteiger partial charge in [0.1, 0.15) is 0 Å². The second-order valence-electron chi connectivity index (χ2n) is 3.63. The van der Waals surface area contributed by atoms with E-state index in [2.05, 4.69) is 45.5 Å². The van der Waals surface area contributed by atoms with Crippen molar-refractivity contribution in [3.8, 4) is 0 Å². The van der Waals surface area contributed by atoms with E-state index >= 15 is 0 Å². The Labute approximate surface area is 81.3 Å². The van der Waals surface area contributed by atoms with Crippen molar-refractivity contribution >= 4 is 6.08 Å². The fraction of sp³-hybridized carbons (Fsp3) is 0.385. The topological polar surface area (TPSA) is 0 Å². The third kappa shape index (κ3) is 2.21. The van der Waals surface area contributed by atoms with Crippen molar-refractivity contribution in [1.29, 1.82) is 0 Å². The molecule has 1 atom stereocenters. The largest absolute Gasteiger partial charge is 0.0985 e. The first-order chi connectivity index (χ1) is 6.19. The zero-order valence-corrected chi connectivity index (χ0v) is 8.80. The molecule has 0 heterocycles. The molecule has 0 radical (unpaired) electrons. The third-order valence-electron chi connectivity index (χ3n) is 2.70. The lowest BCUT2D eigenvalue weighted by molar-refractivity contribution is 0.733. The standard InChI is InChI=1S/C13H18/c1-5-10(3)13-8-7-12(6-2)11(4)9-13/h6-10H,2,5H2,1,3-4H3. The average molecular weight is 174 g/mol. The molecule has 1 aromatic carbocycles. The predicted octanol–water partition coefficient (Wildman–Crippen LogP) is 4.15. The summed E-state index contributed by atoms with van der Waals surface area (Å²) in [5.74, 6) is 0.664. The molecule has 0 aliphatic carbocycles. The first-order valence-electron chi connectivity index (χ1n) is 4.92. The van der Waals surface area contributed by atoms with Crippen LogP contribution in [0.5, 0.6) is 0 Å². The Balaban J connectivity index is 3.02. The Morgan fingerprint density at radius 2 is 2.15 bits per heavy atom. The molecule has 1 unspecified atom stereocenters. The second kappa shape index (κ2) is 4.27. The minimum atomic E-state index is 0.664. The lowest BCUT2D eigenvalue weighted by atomic mass is 9.95. The molecule has 70 valence electrons. The Bertz CT molecular complexity index is 297. The van der Waals surface area contributed by atoms with Crippen molar-refractivity contribution in [3.63, 3.8) is 0 Å². The Morgan fingerprint density at radius 3 is 2.62 bits per heavy atom. The molecular formula is C13H18. The molecule has 0 aliphatic heterocycles. The SMILES string of the molecule is C=Cc1ccc(C(C)CC)cc1C. The number of hydrogen-bond donors (Lipinski definition) is 0. The van der Waals surface area contributed by atoms with Crippen molar-refractivity contribution in [2.75, 3.05) is 0 Å². The van der Waals surface area contributed by atoms with Gasteiger partial charge in [-0.25, -0.2) is 0 Å². The molecule has 1 aromatic rings. The van der Waals surface area contributed by atoms with E-state index in [4.69, 9.17) is 0 Å². The summed E-state index contributed by atoms with van der Waals surface area (Å²) in [6.07, 6.45) is 3.11. The highest BCUT2D eigenvalue weighted by Crippen LogP contribution is 2.21. The van der Waals surface area contributed by atoms with Crippen LogP contribution in [0.25, 0.3) is 6.08 Å². The Hall–Kier alpha value is -1.04. The van der Waals surface area contributed by atoms with Gasteiger partial charge in [0, 0.05) is 0 Å². The van der Waals surface area contributed by atoms with Gasteiger partial charge in [0.2, 0.25) is 0 Å².